The van der Waals surface area contributed by atoms with Crippen molar-refractivity contribution >= 4 is 11.8 Å². The van der Waals surface area contributed by atoms with Gasteiger partial charge in [-0.2, -0.15) is 0 Å². The van der Waals surface area contributed by atoms with E-state index in [-0.39, 0.29) is 12.4 Å². The number of benzene rings is 2. The molecule has 0 aliphatic carbocycles. The summed E-state index contributed by atoms with van der Waals surface area (Å²) in [6, 6.07) is 12.1. The highest BCUT2D eigenvalue weighted by atomic mass is 32.2. The molecule has 0 aliphatic rings. The van der Waals surface area contributed by atoms with Crippen LogP contribution in [0.1, 0.15) is 11.1 Å². The summed E-state index contributed by atoms with van der Waals surface area (Å²) in [5.74, 6) is 6.67. The molecule has 21 heavy (non-hydrogen) atoms. The summed E-state index contributed by atoms with van der Waals surface area (Å²) in [5.41, 5.74) is 1.80. The Balaban J connectivity index is 2.17. The van der Waals surface area contributed by atoms with Crippen LogP contribution < -0.4 is 4.74 Å². The fraction of sp³-hybridized carbons (Fsp3) is 0.176. The molecule has 2 aromatic carbocycles. The summed E-state index contributed by atoms with van der Waals surface area (Å²) in [6.45, 7) is -0.167. The van der Waals surface area contributed by atoms with Gasteiger partial charge in [0.25, 0.3) is 0 Å². The number of aliphatic hydroxyl groups is 1. The first-order chi connectivity index (χ1) is 10.2. The highest BCUT2D eigenvalue weighted by Gasteiger charge is 2.05. The Labute approximate surface area is 128 Å². The molecule has 0 unspecified atom stereocenters. The zero-order valence-electron chi connectivity index (χ0n) is 11.6. The Morgan fingerprint density at radius 3 is 2.81 bits per heavy atom. The lowest BCUT2D eigenvalue weighted by Crippen LogP contribution is -1.92. The molecule has 0 saturated carbocycles. The van der Waals surface area contributed by atoms with Crippen LogP contribution in [0.15, 0.2) is 47.4 Å². The van der Waals surface area contributed by atoms with Crippen molar-refractivity contribution in [2.75, 3.05) is 13.7 Å². The lowest BCUT2D eigenvalue weighted by molar-refractivity contribution is 0.350. The average molecular weight is 302 g/mol. The van der Waals surface area contributed by atoms with E-state index in [4.69, 9.17) is 9.84 Å². The summed E-state index contributed by atoms with van der Waals surface area (Å²) in [7, 11) is 1.62. The third-order valence-corrected chi connectivity index (χ3v) is 3.83. The lowest BCUT2D eigenvalue weighted by atomic mass is 10.1. The second-order valence-electron chi connectivity index (χ2n) is 4.23. The first kappa shape index (κ1) is 15.4. The molecule has 0 spiro atoms. The minimum Gasteiger partial charge on any atom is -0.496 e. The fourth-order valence-electron chi connectivity index (χ4n) is 1.83. The fourth-order valence-corrected chi connectivity index (χ4v) is 2.75. The smallest absolute Gasteiger partial charge is 0.124 e. The van der Waals surface area contributed by atoms with Crippen LogP contribution in [0.3, 0.4) is 0 Å². The van der Waals surface area contributed by atoms with Crippen LogP contribution in [0.4, 0.5) is 4.39 Å². The van der Waals surface area contributed by atoms with Crippen molar-refractivity contribution in [2.45, 2.75) is 10.6 Å². The molecule has 2 nitrogen and oxygen atoms in total. The molecule has 0 aromatic heterocycles. The van der Waals surface area contributed by atoms with Crippen molar-refractivity contribution in [1.29, 1.82) is 0 Å². The molecule has 0 amide bonds. The first-order valence-electron chi connectivity index (χ1n) is 6.38. The van der Waals surface area contributed by atoms with Gasteiger partial charge < -0.3 is 9.84 Å². The summed E-state index contributed by atoms with van der Waals surface area (Å²) in [6.07, 6.45) is 0. The maximum atomic E-state index is 13.2. The maximum Gasteiger partial charge on any atom is 0.124 e. The predicted octanol–water partition coefficient (Wildman–Crippen LogP) is 3.47. The molecule has 2 aromatic rings. The summed E-state index contributed by atoms with van der Waals surface area (Å²) < 4.78 is 18.5. The predicted molar refractivity (Wildman–Crippen MR) is 82.9 cm³/mol. The summed E-state index contributed by atoms with van der Waals surface area (Å²) >= 11 is 1.53. The van der Waals surface area contributed by atoms with Crippen molar-refractivity contribution < 1.29 is 14.2 Å². The monoisotopic (exact) mass is 302 g/mol. The van der Waals surface area contributed by atoms with E-state index < -0.39 is 0 Å². The Morgan fingerprint density at radius 2 is 2.10 bits per heavy atom. The highest BCUT2D eigenvalue weighted by Crippen LogP contribution is 2.29. The van der Waals surface area contributed by atoms with Gasteiger partial charge in [-0.15, -0.1) is 11.8 Å². The second kappa shape index (κ2) is 7.72. The van der Waals surface area contributed by atoms with Crippen molar-refractivity contribution in [3.8, 4) is 17.6 Å². The second-order valence-corrected chi connectivity index (χ2v) is 5.28. The number of rotatable bonds is 4. The minimum atomic E-state index is -0.241. The van der Waals surface area contributed by atoms with E-state index in [1.807, 2.05) is 24.3 Å². The van der Waals surface area contributed by atoms with Crippen LogP contribution in [0.25, 0.3) is 0 Å². The zero-order chi connectivity index (χ0) is 15.1. The van der Waals surface area contributed by atoms with E-state index in [9.17, 15) is 4.39 Å². The van der Waals surface area contributed by atoms with E-state index in [0.29, 0.717) is 5.75 Å². The third-order valence-electron chi connectivity index (χ3n) is 2.78. The van der Waals surface area contributed by atoms with Gasteiger partial charge in [-0.25, -0.2) is 4.39 Å². The number of hydrogen-bond acceptors (Lipinski definition) is 3. The van der Waals surface area contributed by atoms with Gasteiger partial charge in [-0.3, -0.25) is 0 Å². The first-order valence-corrected chi connectivity index (χ1v) is 7.36. The molecule has 0 heterocycles. The van der Waals surface area contributed by atoms with Gasteiger partial charge in [0.2, 0.25) is 0 Å². The maximum absolute atomic E-state index is 13.2. The molecule has 0 bridgehead atoms. The molecule has 1 N–H and O–H groups in total. The SMILES string of the molecule is COc1ccc(C#CCO)cc1CSc1cccc(F)c1. The van der Waals surface area contributed by atoms with Crippen LogP contribution in [-0.4, -0.2) is 18.8 Å². The Hall–Kier alpha value is -1.96. The van der Waals surface area contributed by atoms with Crippen LogP contribution in [-0.2, 0) is 5.75 Å². The molecule has 2 rings (SSSR count). The van der Waals surface area contributed by atoms with Gasteiger partial charge in [0.05, 0.1) is 7.11 Å². The molecule has 0 atom stereocenters. The Bertz CT molecular complexity index is 674. The van der Waals surface area contributed by atoms with Crippen molar-refractivity contribution in [1.82, 2.24) is 0 Å². The van der Waals surface area contributed by atoms with Crippen molar-refractivity contribution in [3.05, 3.63) is 59.4 Å². The molecule has 0 radical (unpaired) electrons. The van der Waals surface area contributed by atoms with Gasteiger partial charge in [0, 0.05) is 21.8 Å². The van der Waals surface area contributed by atoms with Crippen molar-refractivity contribution in [2.24, 2.45) is 0 Å². The largest absolute Gasteiger partial charge is 0.496 e. The minimum absolute atomic E-state index is 0.167. The van der Waals surface area contributed by atoms with E-state index in [1.165, 1.54) is 23.9 Å². The molecule has 4 heteroatoms. The molecule has 0 saturated heterocycles. The molecular formula is C17H15FO2S. The van der Waals surface area contributed by atoms with Gasteiger partial charge in [0.1, 0.15) is 18.2 Å². The molecule has 0 fully saturated rings. The van der Waals surface area contributed by atoms with Crippen molar-refractivity contribution in [3.63, 3.8) is 0 Å². The summed E-state index contributed by atoms with van der Waals surface area (Å²) in [5, 5.41) is 8.74. The summed E-state index contributed by atoms with van der Waals surface area (Å²) in [4.78, 5) is 0.865. The number of aliphatic hydroxyl groups excluding tert-OH is 1. The van der Waals surface area contributed by atoms with Gasteiger partial charge in [-0.05, 0) is 36.4 Å². The van der Waals surface area contributed by atoms with Crippen LogP contribution >= 0.6 is 11.8 Å². The van der Waals surface area contributed by atoms with E-state index in [0.717, 1.165) is 21.8 Å². The lowest BCUT2D eigenvalue weighted by Gasteiger charge is -2.09. The molecule has 108 valence electrons. The van der Waals surface area contributed by atoms with Gasteiger partial charge in [0.15, 0.2) is 0 Å². The molecule has 0 aliphatic heterocycles. The number of ether oxygens (including phenoxy) is 1. The van der Waals surface area contributed by atoms with Crippen LogP contribution in [0, 0.1) is 17.7 Å². The van der Waals surface area contributed by atoms with E-state index in [1.54, 1.807) is 13.2 Å². The third kappa shape index (κ3) is 4.52. The average Bonchev–Trinajstić information content (AvgIpc) is 2.51. The number of methoxy groups -OCH3 is 1. The van der Waals surface area contributed by atoms with Crippen LogP contribution in [0.2, 0.25) is 0 Å². The number of halogens is 1. The normalized spacial score (nSPS) is 9.86. The van der Waals surface area contributed by atoms with Gasteiger partial charge in [-0.1, -0.05) is 17.9 Å². The van der Waals surface area contributed by atoms with E-state index in [2.05, 4.69) is 11.8 Å². The van der Waals surface area contributed by atoms with Gasteiger partial charge >= 0.3 is 0 Å². The Morgan fingerprint density at radius 1 is 1.24 bits per heavy atom. The van der Waals surface area contributed by atoms with E-state index >= 15 is 0 Å². The zero-order valence-corrected chi connectivity index (χ0v) is 12.4. The number of thioether (sulfide) groups is 1. The molecular weight excluding hydrogens is 287 g/mol. The quantitative estimate of drug-likeness (QED) is 0.693. The standard InChI is InChI=1S/C17H15FO2S/c1-20-17-8-7-13(4-3-9-19)10-14(17)12-21-16-6-2-5-15(18)11-16/h2,5-8,10-11,19H,9,12H2,1H3. The topological polar surface area (TPSA) is 29.5 Å². The Kier molecular flexibility index (Phi) is 5.68. The van der Waals surface area contributed by atoms with Crippen LogP contribution in [0.5, 0.6) is 5.75 Å². The highest BCUT2D eigenvalue weighted by molar-refractivity contribution is 7.98. The number of hydrogen-bond donors (Lipinski definition) is 1.